The summed E-state index contributed by atoms with van der Waals surface area (Å²) in [6.45, 7) is 4.54. The minimum absolute atomic E-state index is 0. The maximum absolute atomic E-state index is 5.71. The van der Waals surface area contributed by atoms with E-state index in [9.17, 15) is 0 Å². The third kappa shape index (κ3) is 8.21. The fraction of sp³-hybridized carbons (Fsp3) is 0.412. The minimum Gasteiger partial charge on any atom is -0.493 e. The summed E-state index contributed by atoms with van der Waals surface area (Å²) >= 11 is 0. The number of hydrogen-bond donors (Lipinski definition) is 2. The van der Waals surface area contributed by atoms with Crippen LogP contribution in [0.15, 0.2) is 46.1 Å². The summed E-state index contributed by atoms with van der Waals surface area (Å²) in [6.07, 6.45) is 2.39. The number of halogens is 1. The van der Waals surface area contributed by atoms with Gasteiger partial charge in [0, 0.05) is 44.5 Å². The lowest BCUT2D eigenvalue weighted by molar-refractivity contribution is 0.172. The van der Waals surface area contributed by atoms with Gasteiger partial charge in [0.2, 0.25) is 0 Å². The fourth-order valence-corrected chi connectivity index (χ4v) is 1.98. The van der Waals surface area contributed by atoms with Crippen molar-refractivity contribution >= 4 is 35.6 Å². The zero-order valence-corrected chi connectivity index (χ0v) is 16.9. The van der Waals surface area contributed by atoms with Gasteiger partial charge in [-0.15, -0.1) is 24.0 Å². The summed E-state index contributed by atoms with van der Waals surface area (Å²) in [5.41, 5.74) is 1.68. The molecule has 2 aromatic rings. The lowest BCUT2D eigenvalue weighted by Gasteiger charge is -2.12. The highest BCUT2D eigenvalue weighted by Gasteiger charge is 2.02. The van der Waals surface area contributed by atoms with Crippen molar-refractivity contribution in [3.8, 4) is 5.75 Å². The lowest BCUT2D eigenvalue weighted by atomic mass is 10.3. The fourth-order valence-electron chi connectivity index (χ4n) is 1.98. The van der Waals surface area contributed by atoms with Crippen LogP contribution in [0.4, 0.5) is 5.69 Å². The van der Waals surface area contributed by atoms with Crippen LogP contribution >= 0.6 is 24.0 Å². The van der Waals surface area contributed by atoms with Gasteiger partial charge in [0.1, 0.15) is 17.7 Å². The first-order chi connectivity index (χ1) is 11.8. The van der Waals surface area contributed by atoms with E-state index >= 15 is 0 Å². The molecule has 138 valence electrons. The topological polar surface area (TPSA) is 80.9 Å². The highest BCUT2D eigenvalue weighted by atomic mass is 127. The van der Waals surface area contributed by atoms with Gasteiger partial charge in [-0.2, -0.15) is 0 Å². The van der Waals surface area contributed by atoms with Gasteiger partial charge in [-0.05, 0) is 19.1 Å². The largest absolute Gasteiger partial charge is 0.493 e. The maximum atomic E-state index is 5.71. The Balaban J connectivity index is 0.00000312. The van der Waals surface area contributed by atoms with E-state index in [0.29, 0.717) is 25.7 Å². The number of anilines is 1. The Kier molecular flexibility index (Phi) is 10.6. The van der Waals surface area contributed by atoms with Crippen molar-refractivity contribution in [2.75, 3.05) is 32.2 Å². The van der Waals surface area contributed by atoms with Crippen LogP contribution in [-0.4, -0.2) is 38.0 Å². The molecule has 0 radical (unpaired) electrons. The summed E-state index contributed by atoms with van der Waals surface area (Å²) in [5, 5.41) is 10.3. The second-order valence-electron chi connectivity index (χ2n) is 5.03. The molecular weight excluding hydrogens is 435 g/mol. The molecule has 1 aromatic carbocycles. The molecule has 0 amide bonds. The van der Waals surface area contributed by atoms with Crippen LogP contribution < -0.4 is 15.4 Å². The highest BCUT2D eigenvalue weighted by Crippen LogP contribution is 2.17. The molecule has 0 saturated carbocycles. The number of nitrogens with one attached hydrogen (secondary N) is 2. The summed E-state index contributed by atoms with van der Waals surface area (Å²) in [4.78, 5) is 4.48. The predicted octanol–water partition coefficient (Wildman–Crippen LogP) is 3.29. The molecule has 25 heavy (non-hydrogen) atoms. The molecule has 8 heteroatoms. The van der Waals surface area contributed by atoms with E-state index in [0.717, 1.165) is 30.1 Å². The smallest absolute Gasteiger partial charge is 0.196 e. The molecule has 0 spiro atoms. The second-order valence-corrected chi connectivity index (χ2v) is 5.03. The summed E-state index contributed by atoms with van der Waals surface area (Å²) in [5.74, 6) is 1.49. The van der Waals surface area contributed by atoms with E-state index in [4.69, 9.17) is 14.0 Å². The maximum Gasteiger partial charge on any atom is 0.196 e. The molecule has 0 fully saturated rings. The number of guanidine groups is 1. The van der Waals surface area contributed by atoms with Gasteiger partial charge < -0.3 is 24.6 Å². The molecule has 0 saturated heterocycles. The van der Waals surface area contributed by atoms with Crippen molar-refractivity contribution < 1.29 is 14.0 Å². The molecule has 0 aliphatic heterocycles. The average Bonchev–Trinajstić information content (AvgIpc) is 3.11. The quantitative estimate of drug-likeness (QED) is 0.259. The van der Waals surface area contributed by atoms with Crippen LogP contribution in [0, 0.1) is 0 Å². The summed E-state index contributed by atoms with van der Waals surface area (Å²) < 4.78 is 15.5. The third-order valence-corrected chi connectivity index (χ3v) is 3.09. The van der Waals surface area contributed by atoms with Gasteiger partial charge in [-0.25, -0.2) is 4.99 Å². The van der Waals surface area contributed by atoms with Gasteiger partial charge in [-0.1, -0.05) is 11.2 Å². The van der Waals surface area contributed by atoms with Crippen molar-refractivity contribution in [3.63, 3.8) is 0 Å². The first-order valence-electron chi connectivity index (χ1n) is 7.98. The van der Waals surface area contributed by atoms with E-state index in [-0.39, 0.29) is 24.0 Å². The van der Waals surface area contributed by atoms with Gasteiger partial charge in [0.05, 0.1) is 13.2 Å². The number of methoxy groups -OCH3 is 1. The van der Waals surface area contributed by atoms with E-state index in [1.54, 1.807) is 13.2 Å². The Morgan fingerprint density at radius 2 is 2.16 bits per heavy atom. The van der Waals surface area contributed by atoms with E-state index in [2.05, 4.69) is 20.8 Å². The molecule has 0 aliphatic carbocycles. The van der Waals surface area contributed by atoms with E-state index in [1.165, 1.54) is 6.26 Å². The Morgan fingerprint density at radius 1 is 1.28 bits per heavy atom. The molecule has 0 bridgehead atoms. The van der Waals surface area contributed by atoms with Gasteiger partial charge >= 0.3 is 0 Å². The first-order valence-corrected chi connectivity index (χ1v) is 7.98. The average molecular weight is 460 g/mol. The van der Waals surface area contributed by atoms with Crippen molar-refractivity contribution in [2.24, 2.45) is 4.99 Å². The van der Waals surface area contributed by atoms with Crippen molar-refractivity contribution in [3.05, 3.63) is 42.3 Å². The Bertz CT molecular complexity index is 620. The predicted molar refractivity (Wildman–Crippen MR) is 109 cm³/mol. The lowest BCUT2D eigenvalue weighted by Crippen LogP contribution is -2.30. The van der Waals surface area contributed by atoms with Crippen LogP contribution in [0.1, 0.15) is 19.0 Å². The van der Waals surface area contributed by atoms with Crippen LogP contribution in [-0.2, 0) is 11.3 Å². The van der Waals surface area contributed by atoms with E-state index < -0.39 is 0 Å². The third-order valence-electron chi connectivity index (χ3n) is 3.09. The number of benzene rings is 1. The number of hydrogen-bond acceptors (Lipinski definition) is 5. The normalized spacial score (nSPS) is 10.9. The zero-order chi connectivity index (χ0) is 17.0. The minimum atomic E-state index is 0. The molecule has 1 heterocycles. The number of rotatable bonds is 9. The Hall–Kier alpha value is -1.81. The standard InChI is InChI=1S/C17H24N4O3.HI/c1-3-18-17(19-13-15-8-11-24-21-15)20-14-6-4-7-16(12-14)23-10-5-9-22-2;/h4,6-8,11-12H,3,5,9-10,13H2,1-2H3,(H2,18,19,20);1H. The van der Waals surface area contributed by atoms with Gasteiger partial charge in [-0.3, -0.25) is 0 Å². The van der Waals surface area contributed by atoms with Crippen molar-refractivity contribution in [1.82, 2.24) is 10.5 Å². The number of aromatic nitrogens is 1. The number of aliphatic imine (C=N–C) groups is 1. The molecule has 0 aliphatic rings. The van der Waals surface area contributed by atoms with Crippen LogP contribution in [0.3, 0.4) is 0 Å². The zero-order valence-electron chi connectivity index (χ0n) is 14.5. The summed E-state index contributed by atoms with van der Waals surface area (Å²) in [7, 11) is 1.69. The monoisotopic (exact) mass is 460 g/mol. The van der Waals surface area contributed by atoms with Crippen LogP contribution in [0.5, 0.6) is 5.75 Å². The molecule has 7 nitrogen and oxygen atoms in total. The van der Waals surface area contributed by atoms with E-state index in [1.807, 2.05) is 31.2 Å². The van der Waals surface area contributed by atoms with Gasteiger partial charge in [0.15, 0.2) is 5.96 Å². The van der Waals surface area contributed by atoms with Crippen LogP contribution in [0.2, 0.25) is 0 Å². The second kappa shape index (κ2) is 12.5. The molecular formula is C17H25IN4O3. The molecule has 2 rings (SSSR count). The highest BCUT2D eigenvalue weighted by molar-refractivity contribution is 14.0. The Labute approximate surface area is 165 Å². The van der Waals surface area contributed by atoms with Crippen LogP contribution in [0.25, 0.3) is 0 Å². The van der Waals surface area contributed by atoms with Gasteiger partial charge in [0.25, 0.3) is 0 Å². The number of ether oxygens (including phenoxy) is 2. The number of nitrogens with zero attached hydrogens (tertiary/aromatic N) is 2. The van der Waals surface area contributed by atoms with Crippen molar-refractivity contribution in [1.29, 1.82) is 0 Å². The molecule has 0 atom stereocenters. The molecule has 1 aromatic heterocycles. The summed E-state index contributed by atoms with van der Waals surface area (Å²) in [6, 6.07) is 9.56. The molecule has 0 unspecified atom stereocenters. The molecule has 2 N–H and O–H groups in total. The first kappa shape index (κ1) is 21.2. The SMILES string of the molecule is CCNC(=NCc1ccon1)Nc1cccc(OCCCOC)c1.I. The van der Waals surface area contributed by atoms with Crippen molar-refractivity contribution in [2.45, 2.75) is 19.9 Å². The Morgan fingerprint density at radius 3 is 2.88 bits per heavy atom.